The van der Waals surface area contributed by atoms with Crippen molar-refractivity contribution in [3.05, 3.63) is 65.1 Å². The number of carbonyl (C=O) groups is 2. The fourth-order valence-electron chi connectivity index (χ4n) is 5.40. The first-order valence-corrected chi connectivity index (χ1v) is 11.7. The van der Waals surface area contributed by atoms with Crippen molar-refractivity contribution in [3.63, 3.8) is 0 Å². The van der Waals surface area contributed by atoms with Gasteiger partial charge in [-0.1, -0.05) is 0 Å². The van der Waals surface area contributed by atoms with Gasteiger partial charge in [-0.15, -0.1) is 0 Å². The van der Waals surface area contributed by atoms with Crippen LogP contribution in [0.2, 0.25) is 0 Å². The number of carbonyl (C=O) groups excluding carboxylic acids is 2. The minimum absolute atomic E-state index is 0.0110. The largest absolute Gasteiger partial charge is 0.497 e. The number of urea groups is 1. The average Bonchev–Trinajstić information content (AvgIpc) is 3.20. The number of H-pyrrole nitrogens is 1. The zero-order valence-corrected chi connectivity index (χ0v) is 20.0. The highest BCUT2D eigenvalue weighted by Crippen LogP contribution is 2.48. The summed E-state index contributed by atoms with van der Waals surface area (Å²) in [5.74, 6) is -0.0279. The van der Waals surface area contributed by atoms with Crippen LogP contribution in [0.15, 0.2) is 42.5 Å². The normalized spacial score (nSPS) is 18.5. The van der Waals surface area contributed by atoms with Crippen molar-refractivity contribution in [2.45, 2.75) is 31.3 Å². The number of aliphatic hydroxyl groups is 1. The van der Waals surface area contributed by atoms with Gasteiger partial charge in [-0.3, -0.25) is 4.79 Å². The van der Waals surface area contributed by atoms with Gasteiger partial charge in [-0.25, -0.2) is 9.18 Å². The van der Waals surface area contributed by atoms with Crippen LogP contribution in [0.5, 0.6) is 5.75 Å². The predicted molar refractivity (Wildman–Crippen MR) is 129 cm³/mol. The van der Waals surface area contributed by atoms with Crippen LogP contribution >= 0.6 is 0 Å². The van der Waals surface area contributed by atoms with E-state index in [4.69, 9.17) is 4.74 Å². The van der Waals surface area contributed by atoms with E-state index in [0.717, 1.165) is 22.2 Å². The Balaban J connectivity index is 1.59. The molecule has 2 aliphatic rings. The van der Waals surface area contributed by atoms with Crippen LogP contribution in [-0.4, -0.2) is 71.2 Å². The van der Waals surface area contributed by atoms with E-state index >= 15 is 0 Å². The minimum atomic E-state index is -0.606. The van der Waals surface area contributed by atoms with Gasteiger partial charge < -0.3 is 29.9 Å². The number of nitrogens with zero attached hydrogens (tertiary/aromatic N) is 2. The van der Waals surface area contributed by atoms with E-state index in [-0.39, 0.29) is 24.6 Å². The second kappa shape index (κ2) is 8.57. The summed E-state index contributed by atoms with van der Waals surface area (Å²) in [6.45, 7) is 4.73. The molecule has 1 atom stereocenters. The molecule has 3 aromatic rings. The lowest BCUT2D eigenvalue weighted by molar-refractivity contribution is 0.0138. The van der Waals surface area contributed by atoms with Gasteiger partial charge in [-0.05, 0) is 55.8 Å². The van der Waals surface area contributed by atoms with Crippen LogP contribution in [0, 0.1) is 5.82 Å². The molecule has 35 heavy (non-hydrogen) atoms. The van der Waals surface area contributed by atoms with E-state index in [1.807, 2.05) is 32.0 Å². The lowest BCUT2D eigenvalue weighted by Gasteiger charge is -2.56. The molecule has 3 amide bonds. The first-order valence-electron chi connectivity index (χ1n) is 11.7. The molecule has 1 saturated heterocycles. The Labute approximate surface area is 202 Å². The van der Waals surface area contributed by atoms with Gasteiger partial charge in [0, 0.05) is 53.9 Å². The number of fused-ring (bicyclic) bond motifs is 4. The molecule has 3 heterocycles. The molecular weight excluding hydrogens is 451 g/mol. The molecule has 2 aromatic carbocycles. The molecular formula is C26H29FN4O4. The number of hydrogen-bond acceptors (Lipinski definition) is 4. The number of aromatic amines is 1. The molecule has 0 saturated carbocycles. The zero-order chi connectivity index (χ0) is 24.9. The van der Waals surface area contributed by atoms with E-state index in [1.54, 1.807) is 16.9 Å². The topological polar surface area (TPSA) is 97.9 Å². The van der Waals surface area contributed by atoms with Crippen LogP contribution in [-0.2, 0) is 5.41 Å². The van der Waals surface area contributed by atoms with E-state index in [2.05, 4.69) is 10.3 Å². The molecule has 1 aromatic heterocycles. The molecule has 1 spiro atoms. The first kappa shape index (κ1) is 23.2. The molecule has 8 nitrogen and oxygen atoms in total. The summed E-state index contributed by atoms with van der Waals surface area (Å²) in [4.78, 5) is 33.0. The van der Waals surface area contributed by atoms with Gasteiger partial charge in [0.1, 0.15) is 11.6 Å². The minimum Gasteiger partial charge on any atom is -0.497 e. The van der Waals surface area contributed by atoms with Gasteiger partial charge in [0.15, 0.2) is 0 Å². The third-order valence-electron chi connectivity index (χ3n) is 6.96. The van der Waals surface area contributed by atoms with E-state index in [1.165, 1.54) is 24.3 Å². The monoisotopic (exact) mass is 480 g/mol. The Hall–Kier alpha value is -3.59. The Morgan fingerprint density at radius 1 is 1.20 bits per heavy atom. The maximum atomic E-state index is 13.6. The third-order valence-corrected chi connectivity index (χ3v) is 6.96. The van der Waals surface area contributed by atoms with Crippen LogP contribution in [0.4, 0.5) is 9.18 Å². The van der Waals surface area contributed by atoms with Gasteiger partial charge in [0.05, 0.1) is 25.2 Å². The van der Waals surface area contributed by atoms with Gasteiger partial charge >= 0.3 is 6.03 Å². The SMILES string of the molecule is COc1ccc2c3c([nH]c2c1)[C@@H](CO)N(C(=O)c1ccc(F)cc1)CC31CN(C(=O)NC(C)C)C1. The molecule has 5 rings (SSSR count). The van der Waals surface area contributed by atoms with Crippen LogP contribution in [0.3, 0.4) is 0 Å². The Bertz CT molecular complexity index is 1280. The van der Waals surface area contributed by atoms with Gasteiger partial charge in [0.2, 0.25) is 0 Å². The first-order chi connectivity index (χ1) is 16.8. The zero-order valence-electron chi connectivity index (χ0n) is 20.0. The molecule has 0 bridgehead atoms. The summed E-state index contributed by atoms with van der Waals surface area (Å²) < 4.78 is 18.9. The van der Waals surface area contributed by atoms with E-state index in [0.29, 0.717) is 30.9 Å². The number of aromatic nitrogens is 1. The maximum absolute atomic E-state index is 13.6. The number of likely N-dealkylation sites (tertiary alicyclic amines) is 1. The van der Waals surface area contributed by atoms with Crippen LogP contribution < -0.4 is 10.1 Å². The van der Waals surface area contributed by atoms with E-state index < -0.39 is 17.3 Å². The number of halogens is 1. The molecule has 184 valence electrons. The fraction of sp³-hybridized carbons (Fsp3) is 0.385. The summed E-state index contributed by atoms with van der Waals surface area (Å²) in [6, 6.07) is 10.4. The van der Waals surface area contributed by atoms with E-state index in [9.17, 15) is 19.1 Å². The van der Waals surface area contributed by atoms with Gasteiger partial charge in [-0.2, -0.15) is 0 Å². The molecule has 0 aliphatic carbocycles. The van der Waals surface area contributed by atoms with Crippen molar-refractivity contribution >= 4 is 22.8 Å². The van der Waals surface area contributed by atoms with Gasteiger partial charge in [0.25, 0.3) is 5.91 Å². The van der Waals surface area contributed by atoms with Crippen molar-refractivity contribution in [2.24, 2.45) is 0 Å². The number of methoxy groups -OCH3 is 1. The highest BCUT2D eigenvalue weighted by Gasteiger charge is 2.55. The number of rotatable bonds is 4. The predicted octanol–water partition coefficient (Wildman–Crippen LogP) is 3.18. The number of amides is 3. The van der Waals surface area contributed by atoms with Crippen molar-refractivity contribution in [2.75, 3.05) is 33.4 Å². The van der Waals surface area contributed by atoms with Crippen molar-refractivity contribution < 1.29 is 23.8 Å². The molecule has 2 aliphatic heterocycles. The molecule has 1 fully saturated rings. The highest BCUT2D eigenvalue weighted by molar-refractivity contribution is 5.96. The smallest absolute Gasteiger partial charge is 0.317 e. The number of aliphatic hydroxyl groups excluding tert-OH is 1. The summed E-state index contributed by atoms with van der Waals surface area (Å²) in [5.41, 5.74) is 2.45. The Morgan fingerprint density at radius 2 is 1.91 bits per heavy atom. The summed E-state index contributed by atoms with van der Waals surface area (Å²) in [6.07, 6.45) is 0. The summed E-state index contributed by atoms with van der Waals surface area (Å²) >= 11 is 0. The highest BCUT2D eigenvalue weighted by atomic mass is 19.1. The molecule has 0 radical (unpaired) electrons. The molecule has 0 unspecified atom stereocenters. The second-order valence-electron chi connectivity index (χ2n) is 9.70. The number of nitrogens with one attached hydrogen (secondary N) is 2. The maximum Gasteiger partial charge on any atom is 0.317 e. The Kier molecular flexibility index (Phi) is 5.67. The average molecular weight is 481 g/mol. The number of hydrogen-bond donors (Lipinski definition) is 3. The lowest BCUT2D eigenvalue weighted by Crippen LogP contribution is -2.69. The van der Waals surface area contributed by atoms with Crippen molar-refractivity contribution in [1.82, 2.24) is 20.1 Å². The quantitative estimate of drug-likeness (QED) is 0.534. The number of ether oxygens (including phenoxy) is 1. The second-order valence-corrected chi connectivity index (χ2v) is 9.70. The van der Waals surface area contributed by atoms with Crippen LogP contribution in [0.25, 0.3) is 10.9 Å². The standard InChI is InChI=1S/C26H29FN4O4/c1-15(2)28-25(34)30-12-26(13-30)14-31(24(33)16-4-6-17(27)7-5-16)21(11-32)23-22(26)19-9-8-18(35-3)10-20(19)29-23/h4-10,15,21,29,32H,11-14H2,1-3H3,(H,28,34)/t21-/m1/s1. The summed E-state index contributed by atoms with van der Waals surface area (Å²) in [5, 5.41) is 14.3. The van der Waals surface area contributed by atoms with Crippen molar-refractivity contribution in [1.29, 1.82) is 0 Å². The lowest BCUT2D eigenvalue weighted by atomic mass is 9.68. The van der Waals surface area contributed by atoms with Crippen LogP contribution in [0.1, 0.15) is 41.5 Å². The summed E-state index contributed by atoms with van der Waals surface area (Å²) in [7, 11) is 1.60. The Morgan fingerprint density at radius 3 is 2.54 bits per heavy atom. The van der Waals surface area contributed by atoms with Crippen molar-refractivity contribution in [3.8, 4) is 5.75 Å². The molecule has 3 N–H and O–H groups in total. The molecule has 9 heteroatoms. The number of benzene rings is 2. The fourth-order valence-corrected chi connectivity index (χ4v) is 5.40. The third kappa shape index (κ3) is 3.80.